The van der Waals surface area contributed by atoms with Crippen LogP contribution in [0, 0.1) is 5.41 Å². The summed E-state index contributed by atoms with van der Waals surface area (Å²) in [4.78, 5) is 35.1. The topological polar surface area (TPSA) is 121 Å². The molecule has 0 saturated carbocycles. The van der Waals surface area contributed by atoms with Crippen LogP contribution in [-0.4, -0.2) is 52.1 Å². The molecule has 4 N–H and O–H groups in total. The third kappa shape index (κ3) is 3.92. The molecule has 1 fully saturated rings. The van der Waals surface area contributed by atoms with Crippen LogP contribution in [0.25, 0.3) is 0 Å². The Balaban J connectivity index is 2.61. The molecule has 7 nitrogen and oxygen atoms in total. The molecule has 0 spiro atoms. The highest BCUT2D eigenvalue weighted by molar-refractivity contribution is 5.83. The zero-order valence-corrected chi connectivity index (χ0v) is 11.0. The van der Waals surface area contributed by atoms with Gasteiger partial charge in [-0.25, -0.2) is 0 Å². The molecule has 19 heavy (non-hydrogen) atoms. The summed E-state index contributed by atoms with van der Waals surface area (Å²) in [6.07, 6.45) is 1.03. The number of nitrogens with zero attached hydrogens (tertiary/aromatic N) is 1. The van der Waals surface area contributed by atoms with Crippen LogP contribution in [0.2, 0.25) is 0 Å². The number of likely N-dealkylation sites (tertiary alicyclic amines) is 1. The number of hydrogen-bond donors (Lipinski definition) is 3. The van der Waals surface area contributed by atoms with Gasteiger partial charge >= 0.3 is 11.9 Å². The number of amides is 1. The normalized spacial score (nSPS) is 24.8. The second kappa shape index (κ2) is 6.01. The van der Waals surface area contributed by atoms with Crippen LogP contribution in [0.1, 0.15) is 32.6 Å². The van der Waals surface area contributed by atoms with Gasteiger partial charge < -0.3 is 20.8 Å². The van der Waals surface area contributed by atoms with E-state index in [2.05, 4.69) is 0 Å². The van der Waals surface area contributed by atoms with Crippen LogP contribution in [-0.2, 0) is 14.4 Å². The van der Waals surface area contributed by atoms with Gasteiger partial charge in [-0.1, -0.05) is 0 Å². The van der Waals surface area contributed by atoms with Gasteiger partial charge in [-0.2, -0.15) is 0 Å². The lowest BCUT2D eigenvalue weighted by Crippen LogP contribution is -2.52. The first kappa shape index (κ1) is 15.4. The van der Waals surface area contributed by atoms with Gasteiger partial charge in [-0.3, -0.25) is 14.4 Å². The first-order valence-corrected chi connectivity index (χ1v) is 6.26. The molecule has 0 aromatic rings. The van der Waals surface area contributed by atoms with Crippen molar-refractivity contribution in [1.82, 2.24) is 4.90 Å². The van der Waals surface area contributed by atoms with Crippen LogP contribution < -0.4 is 5.73 Å². The van der Waals surface area contributed by atoms with Crippen molar-refractivity contribution in [3.05, 3.63) is 0 Å². The van der Waals surface area contributed by atoms with Crippen LogP contribution >= 0.6 is 0 Å². The molecule has 0 aliphatic carbocycles. The fraction of sp³-hybridized carbons (Fsp3) is 0.750. The number of piperidine rings is 1. The minimum absolute atomic E-state index is 0.0639. The quantitative estimate of drug-likeness (QED) is 0.642. The smallest absolute Gasteiger partial charge is 0.311 e. The minimum atomic E-state index is -1.00. The van der Waals surface area contributed by atoms with E-state index in [-0.39, 0.29) is 25.3 Å². The Kier molecular flexibility index (Phi) is 4.88. The number of carbonyl (C=O) groups is 3. The zero-order chi connectivity index (χ0) is 14.6. The van der Waals surface area contributed by atoms with Gasteiger partial charge in [-0.05, 0) is 26.2 Å². The van der Waals surface area contributed by atoms with Crippen molar-refractivity contribution >= 4 is 17.8 Å². The Hall–Kier alpha value is -1.63. The van der Waals surface area contributed by atoms with E-state index in [1.54, 1.807) is 6.92 Å². The lowest BCUT2D eigenvalue weighted by molar-refractivity contribution is -0.153. The van der Waals surface area contributed by atoms with Crippen LogP contribution in [0.15, 0.2) is 0 Å². The number of carboxylic acid groups (broad SMARTS) is 2. The van der Waals surface area contributed by atoms with E-state index in [1.165, 1.54) is 4.90 Å². The van der Waals surface area contributed by atoms with E-state index in [0.29, 0.717) is 19.4 Å². The summed E-state index contributed by atoms with van der Waals surface area (Å²) in [6.45, 7) is 2.21. The molecule has 2 atom stereocenters. The largest absolute Gasteiger partial charge is 0.481 e. The van der Waals surface area contributed by atoms with Gasteiger partial charge in [0.25, 0.3) is 0 Å². The molecule has 2 unspecified atom stereocenters. The lowest BCUT2D eigenvalue weighted by Gasteiger charge is -2.38. The molecule has 1 amide bonds. The summed E-state index contributed by atoms with van der Waals surface area (Å²) in [6, 6.07) is -0.882. The van der Waals surface area contributed by atoms with Crippen molar-refractivity contribution in [2.75, 3.05) is 13.1 Å². The summed E-state index contributed by atoms with van der Waals surface area (Å²) in [5, 5.41) is 17.7. The minimum Gasteiger partial charge on any atom is -0.481 e. The Morgan fingerprint density at radius 3 is 2.53 bits per heavy atom. The molecule has 1 heterocycles. The number of hydrogen-bond acceptors (Lipinski definition) is 4. The van der Waals surface area contributed by atoms with Gasteiger partial charge in [0.1, 0.15) is 0 Å². The highest BCUT2D eigenvalue weighted by Crippen LogP contribution is 2.30. The van der Waals surface area contributed by atoms with E-state index in [9.17, 15) is 14.4 Å². The van der Waals surface area contributed by atoms with E-state index < -0.39 is 23.4 Å². The van der Waals surface area contributed by atoms with Gasteiger partial charge in [-0.15, -0.1) is 0 Å². The van der Waals surface area contributed by atoms with Crippen molar-refractivity contribution in [3.63, 3.8) is 0 Å². The summed E-state index contributed by atoms with van der Waals surface area (Å²) >= 11 is 0. The summed E-state index contributed by atoms with van der Waals surface area (Å²) in [5.41, 5.74) is 4.72. The highest BCUT2D eigenvalue weighted by atomic mass is 16.4. The number of carbonyl (C=O) groups excluding carboxylic acids is 1. The molecular formula is C12H20N2O5. The van der Waals surface area contributed by atoms with E-state index >= 15 is 0 Å². The van der Waals surface area contributed by atoms with Gasteiger partial charge in [0.2, 0.25) is 5.91 Å². The maximum atomic E-state index is 12.0. The Labute approximate surface area is 111 Å². The molecular weight excluding hydrogens is 252 g/mol. The third-order valence-electron chi connectivity index (χ3n) is 3.51. The second-order valence-electron chi connectivity index (χ2n) is 5.27. The third-order valence-corrected chi connectivity index (χ3v) is 3.51. The summed E-state index contributed by atoms with van der Waals surface area (Å²) in [7, 11) is 0. The Morgan fingerprint density at radius 1 is 1.37 bits per heavy atom. The van der Waals surface area contributed by atoms with Crippen molar-refractivity contribution in [3.8, 4) is 0 Å². The predicted octanol–water partition coefficient (Wildman–Crippen LogP) is -0.108. The van der Waals surface area contributed by atoms with Crippen LogP contribution in [0.4, 0.5) is 0 Å². The molecule has 1 rings (SSSR count). The van der Waals surface area contributed by atoms with Crippen molar-refractivity contribution in [1.29, 1.82) is 0 Å². The maximum absolute atomic E-state index is 12.0. The molecule has 0 aromatic carbocycles. The standard InChI is InChI=1S/C12H20N2O5/c1-12(11(18)19)5-2-6-14(7-12)10(17)8(13)3-4-9(15)16/h8H,2-7,13H2,1H3,(H,15,16)(H,18,19). The lowest BCUT2D eigenvalue weighted by atomic mass is 9.82. The number of carboxylic acids is 2. The van der Waals surface area contributed by atoms with E-state index in [1.807, 2.05) is 0 Å². The van der Waals surface area contributed by atoms with Gasteiger partial charge in [0.05, 0.1) is 11.5 Å². The van der Waals surface area contributed by atoms with E-state index in [4.69, 9.17) is 15.9 Å². The van der Waals surface area contributed by atoms with Crippen molar-refractivity contribution in [2.24, 2.45) is 11.1 Å². The molecule has 0 radical (unpaired) electrons. The molecule has 1 aliphatic rings. The average molecular weight is 272 g/mol. The molecule has 7 heteroatoms. The fourth-order valence-corrected chi connectivity index (χ4v) is 2.24. The first-order chi connectivity index (χ1) is 8.76. The van der Waals surface area contributed by atoms with Gasteiger partial charge in [0, 0.05) is 19.5 Å². The Morgan fingerprint density at radius 2 is 2.00 bits per heavy atom. The van der Waals surface area contributed by atoms with Crippen LogP contribution in [0.3, 0.4) is 0 Å². The maximum Gasteiger partial charge on any atom is 0.311 e. The Bertz CT molecular complexity index is 384. The number of nitrogens with two attached hydrogens (primary N) is 1. The molecule has 1 saturated heterocycles. The SMILES string of the molecule is CC1(C(=O)O)CCCN(C(=O)C(N)CCC(=O)O)C1. The zero-order valence-electron chi connectivity index (χ0n) is 11.0. The molecule has 1 aliphatic heterocycles. The van der Waals surface area contributed by atoms with E-state index in [0.717, 1.165) is 0 Å². The summed E-state index contributed by atoms with van der Waals surface area (Å²) < 4.78 is 0. The van der Waals surface area contributed by atoms with Crippen molar-refractivity contribution in [2.45, 2.75) is 38.6 Å². The monoisotopic (exact) mass is 272 g/mol. The predicted molar refractivity (Wildman–Crippen MR) is 66.4 cm³/mol. The molecule has 108 valence electrons. The molecule has 0 aromatic heterocycles. The second-order valence-corrected chi connectivity index (χ2v) is 5.27. The highest BCUT2D eigenvalue weighted by Gasteiger charge is 2.40. The number of rotatable bonds is 5. The molecule has 0 bridgehead atoms. The number of aliphatic carboxylic acids is 2. The van der Waals surface area contributed by atoms with Gasteiger partial charge in [0.15, 0.2) is 0 Å². The first-order valence-electron chi connectivity index (χ1n) is 6.26. The van der Waals surface area contributed by atoms with Crippen molar-refractivity contribution < 1.29 is 24.6 Å². The fourth-order valence-electron chi connectivity index (χ4n) is 2.24. The van der Waals surface area contributed by atoms with Crippen LogP contribution in [0.5, 0.6) is 0 Å². The summed E-state index contributed by atoms with van der Waals surface area (Å²) in [5.74, 6) is -2.30. The average Bonchev–Trinajstić information content (AvgIpc) is 2.34.